The van der Waals surface area contributed by atoms with Crippen LogP contribution in [0.3, 0.4) is 0 Å². The fourth-order valence-corrected chi connectivity index (χ4v) is 5.22. The number of aryl methyl sites for hydroxylation is 1. The van der Waals surface area contributed by atoms with Crippen LogP contribution in [-0.4, -0.2) is 66.2 Å². The molecule has 1 N–H and O–H groups in total. The van der Waals surface area contributed by atoms with Gasteiger partial charge in [-0.15, -0.1) is 5.01 Å². The van der Waals surface area contributed by atoms with Gasteiger partial charge >= 0.3 is 18.2 Å². The van der Waals surface area contributed by atoms with Crippen molar-refractivity contribution in [2.45, 2.75) is 78.3 Å². The number of nitrogens with one attached hydrogen (secondary N) is 1. The van der Waals surface area contributed by atoms with Crippen molar-refractivity contribution in [3.63, 3.8) is 0 Å². The lowest BCUT2D eigenvalue weighted by atomic mass is 9.97. The van der Waals surface area contributed by atoms with Crippen molar-refractivity contribution in [2.24, 2.45) is 16.6 Å². The molecule has 1 heterocycles. The van der Waals surface area contributed by atoms with Crippen LogP contribution >= 0.6 is 0 Å². The summed E-state index contributed by atoms with van der Waals surface area (Å²) in [6.07, 6.45) is -6.71. The zero-order valence-corrected chi connectivity index (χ0v) is 29.7. The molecule has 14 nitrogen and oxygen atoms in total. The third-order valence-electron chi connectivity index (χ3n) is 7.54. The zero-order valence-electron chi connectivity index (χ0n) is 28.9. The standard InChI is InChI=1S/C32H41F3N6O8S/c1-9-21(3)27(39(8)41(44)38-49-22(4)48-29(42)31(5,6)7)19-47-30(43)37-50(45,46)25-16-14-24(15-17-25)40-26(18-28(36-40)32(33,34)35)23-12-10-20(2)11-13-23/h10-18,21-22,27H,9,19H2,1-8H3,(H,37,43)/b41-38-/t21-,22?,27-/m1/s1. The molecular formula is C32H41F3N6O8S. The third kappa shape index (κ3) is 10.3. The summed E-state index contributed by atoms with van der Waals surface area (Å²) in [6, 6.07) is 11.6. The van der Waals surface area contributed by atoms with E-state index in [2.05, 4.69) is 10.4 Å². The van der Waals surface area contributed by atoms with Crippen molar-refractivity contribution in [1.82, 2.24) is 19.5 Å². The zero-order chi connectivity index (χ0) is 37.6. The van der Waals surface area contributed by atoms with E-state index in [0.29, 0.717) is 12.0 Å². The maximum atomic E-state index is 13.6. The van der Waals surface area contributed by atoms with Crippen LogP contribution in [0.2, 0.25) is 0 Å². The minimum atomic E-state index is -4.73. The van der Waals surface area contributed by atoms with E-state index in [0.717, 1.165) is 33.5 Å². The summed E-state index contributed by atoms with van der Waals surface area (Å²) in [5.74, 6) is -0.830. The number of benzene rings is 2. The number of likely N-dealkylation sites (N-methyl/N-ethyl adjacent to an activating group) is 1. The third-order valence-corrected chi connectivity index (χ3v) is 8.87. The molecule has 0 spiro atoms. The number of carbonyl (C=O) groups is 2. The van der Waals surface area contributed by atoms with Crippen LogP contribution in [0.1, 0.15) is 59.2 Å². The maximum Gasteiger partial charge on any atom is 0.435 e. The minimum Gasteiger partial charge on any atom is -0.569 e. The normalized spacial score (nSPS) is 14.3. The van der Waals surface area contributed by atoms with Crippen molar-refractivity contribution in [3.05, 3.63) is 71.1 Å². The van der Waals surface area contributed by atoms with E-state index in [-0.39, 0.29) is 27.2 Å². The van der Waals surface area contributed by atoms with Crippen LogP contribution in [0.15, 0.2) is 64.8 Å². The summed E-state index contributed by atoms with van der Waals surface area (Å²) in [5.41, 5.74) is -0.316. The largest absolute Gasteiger partial charge is 0.569 e. The number of ether oxygens (including phenoxy) is 2. The molecule has 50 heavy (non-hydrogen) atoms. The second-order valence-corrected chi connectivity index (χ2v) is 14.3. The van der Waals surface area contributed by atoms with Crippen LogP contribution < -0.4 is 4.72 Å². The number of carbonyl (C=O) groups excluding carboxylic acids is 2. The van der Waals surface area contributed by atoms with E-state index in [1.54, 1.807) is 56.7 Å². The highest BCUT2D eigenvalue weighted by molar-refractivity contribution is 7.90. The highest BCUT2D eigenvalue weighted by Crippen LogP contribution is 2.33. The molecule has 1 amide bonds. The lowest BCUT2D eigenvalue weighted by Crippen LogP contribution is -2.45. The van der Waals surface area contributed by atoms with Gasteiger partial charge in [0.05, 0.1) is 33.7 Å². The molecule has 1 aromatic heterocycles. The number of esters is 1. The first kappa shape index (κ1) is 39.6. The predicted molar refractivity (Wildman–Crippen MR) is 174 cm³/mol. The Balaban J connectivity index is 1.71. The molecule has 0 saturated carbocycles. The van der Waals surface area contributed by atoms with Gasteiger partial charge in [0, 0.05) is 12.5 Å². The van der Waals surface area contributed by atoms with E-state index in [4.69, 9.17) is 14.3 Å². The van der Waals surface area contributed by atoms with Crippen LogP contribution in [0.4, 0.5) is 18.0 Å². The van der Waals surface area contributed by atoms with Crippen LogP contribution in [0.5, 0.6) is 0 Å². The van der Waals surface area contributed by atoms with E-state index in [9.17, 15) is 36.4 Å². The topological polar surface area (TPSA) is 167 Å². The summed E-state index contributed by atoms with van der Waals surface area (Å²) in [5, 5.41) is 20.8. The molecule has 0 aliphatic heterocycles. The Labute approximate surface area is 288 Å². The Morgan fingerprint density at radius 3 is 2.22 bits per heavy atom. The monoisotopic (exact) mass is 726 g/mol. The average Bonchev–Trinajstić information content (AvgIpc) is 3.49. The fourth-order valence-electron chi connectivity index (χ4n) is 4.32. The molecule has 0 aliphatic rings. The van der Waals surface area contributed by atoms with Crippen LogP contribution in [0.25, 0.3) is 16.9 Å². The van der Waals surface area contributed by atoms with Gasteiger partial charge in [0.15, 0.2) is 5.69 Å². The highest BCUT2D eigenvalue weighted by atomic mass is 32.2. The van der Waals surface area contributed by atoms with Gasteiger partial charge in [-0.3, -0.25) is 9.63 Å². The van der Waals surface area contributed by atoms with Crippen molar-refractivity contribution in [1.29, 1.82) is 0 Å². The number of nitrogens with zero attached hydrogens (tertiary/aromatic N) is 5. The van der Waals surface area contributed by atoms with Gasteiger partial charge in [-0.2, -0.15) is 18.3 Å². The fraction of sp³-hybridized carbons (Fsp3) is 0.469. The van der Waals surface area contributed by atoms with E-state index < -0.39 is 58.3 Å². The quantitative estimate of drug-likeness (QED) is 0.0687. The van der Waals surface area contributed by atoms with E-state index >= 15 is 0 Å². The Morgan fingerprint density at radius 2 is 1.68 bits per heavy atom. The summed E-state index contributed by atoms with van der Waals surface area (Å²) >= 11 is 0. The predicted octanol–water partition coefficient (Wildman–Crippen LogP) is 6.37. The van der Waals surface area contributed by atoms with Crippen LogP contribution in [0, 0.1) is 23.5 Å². The number of hydrogen-bond acceptors (Lipinski definition) is 10. The Bertz CT molecular complexity index is 1770. The summed E-state index contributed by atoms with van der Waals surface area (Å²) in [6.45, 7) is 11.3. The van der Waals surface area contributed by atoms with E-state index in [1.807, 2.05) is 13.8 Å². The summed E-state index contributed by atoms with van der Waals surface area (Å²) in [7, 11) is -3.14. The minimum absolute atomic E-state index is 0.0827. The van der Waals surface area contributed by atoms with Crippen molar-refractivity contribution < 1.29 is 50.5 Å². The Kier molecular flexibility index (Phi) is 12.5. The summed E-state index contributed by atoms with van der Waals surface area (Å²) < 4.78 is 79.7. The first-order chi connectivity index (χ1) is 23.1. The second-order valence-electron chi connectivity index (χ2n) is 12.6. The number of amides is 1. The first-order valence-electron chi connectivity index (χ1n) is 15.5. The van der Waals surface area contributed by atoms with Gasteiger partial charge in [-0.1, -0.05) is 50.1 Å². The number of hydrogen-bond donors (Lipinski definition) is 1. The number of alkyl halides is 3. The first-order valence-corrected chi connectivity index (χ1v) is 16.9. The molecule has 18 heteroatoms. The van der Waals surface area contributed by atoms with Gasteiger partial charge in [0.1, 0.15) is 12.6 Å². The molecule has 2 aromatic carbocycles. The number of hydrazine groups is 1. The Hall–Kier alpha value is -4.87. The molecule has 3 aromatic rings. The molecule has 3 atom stereocenters. The lowest BCUT2D eigenvalue weighted by Gasteiger charge is -2.28. The lowest BCUT2D eigenvalue weighted by molar-refractivity contribution is -0.716. The Morgan fingerprint density at radius 1 is 1.08 bits per heavy atom. The smallest absolute Gasteiger partial charge is 0.435 e. The van der Waals surface area contributed by atoms with Gasteiger partial charge in [0.25, 0.3) is 16.3 Å². The second kappa shape index (κ2) is 15.8. The maximum absolute atomic E-state index is 13.6. The molecule has 1 unspecified atom stereocenters. The van der Waals surface area contributed by atoms with E-state index in [1.165, 1.54) is 26.1 Å². The molecule has 0 radical (unpaired) electrons. The van der Waals surface area contributed by atoms with Crippen LogP contribution in [-0.2, 0) is 35.3 Å². The molecule has 274 valence electrons. The van der Waals surface area contributed by atoms with Gasteiger partial charge in [-0.25, -0.2) is 22.6 Å². The van der Waals surface area contributed by atoms with Gasteiger partial charge in [0.2, 0.25) is 5.28 Å². The summed E-state index contributed by atoms with van der Waals surface area (Å²) in [4.78, 5) is 29.3. The molecule has 0 bridgehead atoms. The number of rotatable bonds is 13. The van der Waals surface area contributed by atoms with Gasteiger partial charge in [-0.05, 0) is 63.9 Å². The molecule has 3 rings (SSSR count). The van der Waals surface area contributed by atoms with Crippen molar-refractivity contribution >= 4 is 22.1 Å². The highest BCUT2D eigenvalue weighted by Gasteiger charge is 2.35. The van der Waals surface area contributed by atoms with Gasteiger partial charge < -0.3 is 14.7 Å². The number of halogens is 3. The van der Waals surface area contributed by atoms with Crippen molar-refractivity contribution in [2.75, 3.05) is 13.7 Å². The molecule has 0 aliphatic carbocycles. The molecule has 0 saturated heterocycles. The molecular weight excluding hydrogens is 685 g/mol. The number of sulfonamides is 1. The average molecular weight is 727 g/mol. The van der Waals surface area contributed by atoms with Crippen molar-refractivity contribution in [3.8, 4) is 16.9 Å². The number of aromatic nitrogens is 2. The molecule has 0 fully saturated rings. The SMILES string of the molecule is CC[C@@H](C)[C@@H](COC(=O)NS(=O)(=O)c1ccc(-n2nc(C(F)(F)F)cc2-c2ccc(C)cc2)cc1)N(C)/[N+]([O-])=N/OC(C)OC(=O)C(C)(C)C.